The highest BCUT2D eigenvalue weighted by Crippen LogP contribution is 2.23. The highest BCUT2D eigenvalue weighted by molar-refractivity contribution is 9.10. The first-order valence-electron chi connectivity index (χ1n) is 5.95. The number of carbonyl (C=O) groups excluding carboxylic acids is 1. The van der Waals surface area contributed by atoms with Crippen molar-refractivity contribution < 1.29 is 18.3 Å². The number of amides is 1. The second kappa shape index (κ2) is 6.62. The molecule has 0 atom stereocenters. The molecule has 0 bridgehead atoms. The van der Waals surface area contributed by atoms with Gasteiger partial charge in [-0.05, 0) is 47.1 Å². The van der Waals surface area contributed by atoms with Crippen LogP contribution in [0.15, 0.2) is 41.0 Å². The molecule has 1 amide bonds. The van der Waals surface area contributed by atoms with Gasteiger partial charge in [-0.15, -0.1) is 0 Å². The Labute approximate surface area is 128 Å². The van der Waals surface area contributed by atoms with Crippen LogP contribution in [0.5, 0.6) is 5.75 Å². The normalized spacial score (nSPS) is 10.5. The molecule has 0 fully saturated rings. The third kappa shape index (κ3) is 3.98. The molecule has 0 aliphatic heterocycles. The van der Waals surface area contributed by atoms with Crippen LogP contribution in [0.4, 0.5) is 14.5 Å². The van der Waals surface area contributed by atoms with Gasteiger partial charge >= 0.3 is 6.61 Å². The lowest BCUT2D eigenvalue weighted by Gasteiger charge is -2.12. The van der Waals surface area contributed by atoms with Crippen LogP contribution in [0.1, 0.15) is 16.1 Å². The van der Waals surface area contributed by atoms with E-state index in [0.717, 1.165) is 0 Å². The van der Waals surface area contributed by atoms with E-state index in [4.69, 9.17) is 0 Å². The lowest BCUT2D eigenvalue weighted by Crippen LogP contribution is -2.15. The van der Waals surface area contributed by atoms with Gasteiger partial charge in [0.25, 0.3) is 5.91 Å². The first kappa shape index (κ1) is 15.4. The molecule has 1 heterocycles. The smallest absolute Gasteiger partial charge is 0.387 e. The molecule has 2 aromatic rings. The van der Waals surface area contributed by atoms with Gasteiger partial charge < -0.3 is 10.1 Å². The standard InChI is InChI=1S/C14H11BrF2N2O2/c1-8-10(6-7-12(15)18-8)19-13(20)9-4-2-3-5-11(9)21-14(16)17/h2-7,14H,1H3,(H,19,20). The summed E-state index contributed by atoms with van der Waals surface area (Å²) in [5.74, 6) is -0.716. The summed E-state index contributed by atoms with van der Waals surface area (Å²) in [5, 5.41) is 2.62. The number of anilines is 1. The van der Waals surface area contributed by atoms with Crippen molar-refractivity contribution in [3.63, 3.8) is 0 Å². The molecule has 0 saturated carbocycles. The van der Waals surface area contributed by atoms with Crippen LogP contribution < -0.4 is 10.1 Å². The second-order valence-corrected chi connectivity index (χ2v) is 4.91. The van der Waals surface area contributed by atoms with Crippen LogP contribution in [0.3, 0.4) is 0 Å². The average molecular weight is 357 g/mol. The van der Waals surface area contributed by atoms with Crippen molar-refractivity contribution >= 4 is 27.5 Å². The molecular formula is C14H11BrF2N2O2. The number of carbonyl (C=O) groups is 1. The summed E-state index contributed by atoms with van der Waals surface area (Å²) in [4.78, 5) is 16.3. The largest absolute Gasteiger partial charge is 0.434 e. The van der Waals surface area contributed by atoms with E-state index in [2.05, 4.69) is 31.0 Å². The van der Waals surface area contributed by atoms with Crippen LogP contribution in [-0.2, 0) is 0 Å². The van der Waals surface area contributed by atoms with Gasteiger partial charge in [-0.2, -0.15) is 8.78 Å². The first-order valence-corrected chi connectivity index (χ1v) is 6.75. The van der Waals surface area contributed by atoms with Gasteiger partial charge in [-0.1, -0.05) is 12.1 Å². The highest BCUT2D eigenvalue weighted by atomic mass is 79.9. The zero-order valence-corrected chi connectivity index (χ0v) is 12.5. The number of rotatable bonds is 4. The maximum absolute atomic E-state index is 12.3. The van der Waals surface area contributed by atoms with Crippen molar-refractivity contribution in [3.8, 4) is 5.75 Å². The Morgan fingerprint density at radius 1 is 1.29 bits per heavy atom. The molecule has 110 valence electrons. The Hall–Kier alpha value is -2.02. The van der Waals surface area contributed by atoms with E-state index in [-0.39, 0.29) is 11.3 Å². The summed E-state index contributed by atoms with van der Waals surface area (Å²) in [6.07, 6.45) is 0. The molecule has 0 spiro atoms. The van der Waals surface area contributed by atoms with E-state index < -0.39 is 12.5 Å². The van der Waals surface area contributed by atoms with Gasteiger partial charge in [0, 0.05) is 0 Å². The molecule has 0 saturated heterocycles. The first-order chi connectivity index (χ1) is 9.97. The topological polar surface area (TPSA) is 51.2 Å². The minimum absolute atomic E-state index is 0.0279. The number of pyridine rings is 1. The van der Waals surface area contributed by atoms with Crippen molar-refractivity contribution in [2.45, 2.75) is 13.5 Å². The fraction of sp³-hybridized carbons (Fsp3) is 0.143. The molecule has 0 aliphatic rings. The van der Waals surface area contributed by atoms with E-state index in [1.165, 1.54) is 18.2 Å². The zero-order chi connectivity index (χ0) is 15.4. The molecule has 1 N–H and O–H groups in total. The van der Waals surface area contributed by atoms with Gasteiger partial charge in [0.2, 0.25) is 0 Å². The summed E-state index contributed by atoms with van der Waals surface area (Å²) < 4.78 is 29.6. The fourth-order valence-electron chi connectivity index (χ4n) is 1.71. The van der Waals surface area contributed by atoms with Crippen molar-refractivity contribution in [1.29, 1.82) is 0 Å². The number of halogens is 3. The molecule has 0 unspecified atom stereocenters. The summed E-state index contributed by atoms with van der Waals surface area (Å²) >= 11 is 3.22. The van der Waals surface area contributed by atoms with Gasteiger partial charge in [0.05, 0.1) is 16.9 Å². The molecule has 0 aliphatic carbocycles. The van der Waals surface area contributed by atoms with Crippen molar-refractivity contribution in [3.05, 3.63) is 52.3 Å². The minimum Gasteiger partial charge on any atom is -0.434 e. The number of ether oxygens (including phenoxy) is 1. The number of aromatic nitrogens is 1. The van der Waals surface area contributed by atoms with E-state index >= 15 is 0 Å². The third-order valence-corrected chi connectivity index (χ3v) is 3.09. The van der Waals surface area contributed by atoms with Gasteiger partial charge in [-0.3, -0.25) is 4.79 Å². The number of benzene rings is 1. The highest BCUT2D eigenvalue weighted by Gasteiger charge is 2.16. The Morgan fingerprint density at radius 2 is 2.00 bits per heavy atom. The van der Waals surface area contributed by atoms with E-state index in [1.54, 1.807) is 25.1 Å². The van der Waals surface area contributed by atoms with Gasteiger partial charge in [-0.25, -0.2) is 4.98 Å². The molecule has 0 radical (unpaired) electrons. The monoisotopic (exact) mass is 356 g/mol. The Bertz CT molecular complexity index is 665. The number of nitrogens with one attached hydrogen (secondary N) is 1. The number of para-hydroxylation sites is 1. The lowest BCUT2D eigenvalue weighted by molar-refractivity contribution is -0.0501. The predicted octanol–water partition coefficient (Wildman–Crippen LogP) is 4.01. The molecule has 21 heavy (non-hydrogen) atoms. The van der Waals surface area contributed by atoms with E-state index in [0.29, 0.717) is 16.0 Å². The minimum atomic E-state index is -2.99. The average Bonchev–Trinajstić information content (AvgIpc) is 2.42. The molecular weight excluding hydrogens is 346 g/mol. The Morgan fingerprint density at radius 3 is 2.67 bits per heavy atom. The van der Waals surface area contributed by atoms with Crippen LogP contribution in [0.25, 0.3) is 0 Å². The summed E-state index contributed by atoms with van der Waals surface area (Å²) in [5.41, 5.74) is 1.13. The second-order valence-electron chi connectivity index (χ2n) is 4.10. The fourth-order valence-corrected chi connectivity index (χ4v) is 2.10. The Balaban J connectivity index is 2.24. The third-order valence-electron chi connectivity index (χ3n) is 2.65. The van der Waals surface area contributed by atoms with Crippen LogP contribution in [-0.4, -0.2) is 17.5 Å². The van der Waals surface area contributed by atoms with Gasteiger partial charge in [0.15, 0.2) is 0 Å². The number of hydrogen-bond acceptors (Lipinski definition) is 3. The lowest BCUT2D eigenvalue weighted by atomic mass is 10.2. The number of hydrogen-bond donors (Lipinski definition) is 1. The molecule has 1 aromatic carbocycles. The molecule has 1 aromatic heterocycles. The maximum atomic E-state index is 12.3. The number of aryl methyl sites for hydroxylation is 1. The number of nitrogens with zero attached hydrogens (tertiary/aromatic N) is 1. The summed E-state index contributed by atoms with van der Waals surface area (Å²) in [6.45, 7) is -1.27. The summed E-state index contributed by atoms with van der Waals surface area (Å²) in [6, 6.07) is 9.15. The predicted molar refractivity (Wildman–Crippen MR) is 77.7 cm³/mol. The van der Waals surface area contributed by atoms with Crippen molar-refractivity contribution in [2.75, 3.05) is 5.32 Å². The van der Waals surface area contributed by atoms with Gasteiger partial charge in [0.1, 0.15) is 10.4 Å². The number of alkyl halides is 2. The zero-order valence-electron chi connectivity index (χ0n) is 10.9. The van der Waals surface area contributed by atoms with Crippen LogP contribution in [0, 0.1) is 6.92 Å². The maximum Gasteiger partial charge on any atom is 0.387 e. The van der Waals surface area contributed by atoms with Crippen molar-refractivity contribution in [1.82, 2.24) is 4.98 Å². The summed E-state index contributed by atoms with van der Waals surface area (Å²) in [7, 11) is 0. The van der Waals surface area contributed by atoms with Crippen LogP contribution in [0.2, 0.25) is 0 Å². The molecule has 7 heteroatoms. The molecule has 2 rings (SSSR count). The molecule has 4 nitrogen and oxygen atoms in total. The quantitative estimate of drug-likeness (QED) is 0.842. The Kier molecular flexibility index (Phi) is 4.85. The van der Waals surface area contributed by atoms with E-state index in [1.807, 2.05) is 0 Å². The van der Waals surface area contributed by atoms with Crippen LogP contribution >= 0.6 is 15.9 Å². The van der Waals surface area contributed by atoms with Crippen molar-refractivity contribution in [2.24, 2.45) is 0 Å². The SMILES string of the molecule is Cc1nc(Br)ccc1NC(=O)c1ccccc1OC(F)F. The van der Waals surface area contributed by atoms with E-state index in [9.17, 15) is 13.6 Å².